The maximum atomic E-state index is 12.8. The molecule has 2 fully saturated rings. The van der Waals surface area contributed by atoms with E-state index < -0.39 is 34.5 Å². The Morgan fingerprint density at radius 1 is 1.35 bits per heavy atom. The topological polar surface area (TPSA) is 160 Å². The van der Waals surface area contributed by atoms with Crippen LogP contribution in [-0.4, -0.2) is 74.9 Å². The van der Waals surface area contributed by atoms with Gasteiger partial charge in [-0.1, -0.05) is 11.6 Å². The Hall–Kier alpha value is -2.21. The Morgan fingerprint density at radius 3 is 2.65 bits per heavy atom. The monoisotopic (exact) mass is 499 g/mol. The van der Waals surface area contributed by atoms with Crippen molar-refractivity contribution in [2.24, 2.45) is 5.73 Å². The number of H-pyrrole nitrogens is 1. The molecule has 3 rings (SSSR count). The summed E-state index contributed by atoms with van der Waals surface area (Å²) >= 11 is 5.88. The van der Waals surface area contributed by atoms with Gasteiger partial charge in [0.1, 0.15) is 5.02 Å². The van der Waals surface area contributed by atoms with Crippen LogP contribution in [0.5, 0.6) is 0 Å². The maximum Gasteiger partial charge on any atom is 0.328 e. The van der Waals surface area contributed by atoms with E-state index in [1.807, 2.05) is 0 Å². The zero-order valence-corrected chi connectivity index (χ0v) is 20.4. The average molecular weight is 500 g/mol. The third-order valence-electron chi connectivity index (χ3n) is 6.82. The molecule has 0 unspecified atom stereocenters. The van der Waals surface area contributed by atoms with Gasteiger partial charge in [0.15, 0.2) is 0 Å². The molecule has 2 amide bonds. The van der Waals surface area contributed by atoms with Crippen LogP contribution in [0.2, 0.25) is 5.02 Å². The molecule has 0 bridgehead atoms. The molecule has 190 valence electrons. The van der Waals surface area contributed by atoms with Crippen LogP contribution in [0, 0.1) is 0 Å². The summed E-state index contributed by atoms with van der Waals surface area (Å²) in [5.41, 5.74) is 2.85. The van der Waals surface area contributed by atoms with Crippen LogP contribution in [-0.2, 0) is 14.3 Å². The van der Waals surface area contributed by atoms with Gasteiger partial charge in [0.05, 0.1) is 29.9 Å². The molecule has 2 aliphatic rings. The van der Waals surface area contributed by atoms with E-state index in [1.165, 1.54) is 17.7 Å². The van der Waals surface area contributed by atoms with Crippen molar-refractivity contribution in [3.05, 3.63) is 32.1 Å². The minimum absolute atomic E-state index is 0.0665. The molecule has 12 heteroatoms. The third-order valence-corrected chi connectivity index (χ3v) is 7.09. The van der Waals surface area contributed by atoms with Gasteiger partial charge in [0, 0.05) is 39.2 Å². The molecule has 1 aromatic heterocycles. The zero-order valence-electron chi connectivity index (χ0n) is 19.6. The Balaban J connectivity index is 1.55. The quantitative estimate of drug-likeness (QED) is 0.381. The highest BCUT2D eigenvalue weighted by atomic mass is 35.5. The first-order chi connectivity index (χ1) is 15.9. The smallest absolute Gasteiger partial charge is 0.328 e. The van der Waals surface area contributed by atoms with Crippen molar-refractivity contribution in [1.29, 1.82) is 0 Å². The van der Waals surface area contributed by atoms with Gasteiger partial charge in [-0.05, 0) is 39.0 Å². The fourth-order valence-electron chi connectivity index (χ4n) is 4.90. The van der Waals surface area contributed by atoms with Crippen molar-refractivity contribution < 1.29 is 19.4 Å². The lowest BCUT2D eigenvalue weighted by atomic mass is 9.75. The highest BCUT2D eigenvalue weighted by Crippen LogP contribution is 2.43. The number of hydrogen-bond acceptors (Lipinski definition) is 7. The number of hydrogen-bond donors (Lipinski definition) is 4. The number of piperidine rings is 1. The Kier molecular flexibility index (Phi) is 8.22. The van der Waals surface area contributed by atoms with Crippen LogP contribution in [0.15, 0.2) is 15.8 Å². The van der Waals surface area contributed by atoms with Gasteiger partial charge in [-0.25, -0.2) is 4.79 Å². The number of halogens is 1. The molecule has 1 aromatic rings. The Morgan fingerprint density at radius 2 is 2.03 bits per heavy atom. The summed E-state index contributed by atoms with van der Waals surface area (Å²) < 4.78 is 7.38. The molecular formula is C22H34ClN5O6. The summed E-state index contributed by atoms with van der Waals surface area (Å²) in [6.45, 7) is 4.66. The molecule has 1 spiro atoms. The second-order valence-electron chi connectivity index (χ2n) is 9.60. The lowest BCUT2D eigenvalue weighted by Gasteiger charge is -2.51. The van der Waals surface area contributed by atoms with Crippen molar-refractivity contribution in [1.82, 2.24) is 19.8 Å². The summed E-state index contributed by atoms with van der Waals surface area (Å²) in [4.78, 5) is 51.4. The third kappa shape index (κ3) is 6.07. The molecule has 0 radical (unpaired) electrons. The van der Waals surface area contributed by atoms with Crippen molar-refractivity contribution in [2.45, 2.75) is 75.7 Å². The lowest BCUT2D eigenvalue weighted by Crippen LogP contribution is -2.60. The van der Waals surface area contributed by atoms with E-state index in [0.717, 1.165) is 12.8 Å². The van der Waals surface area contributed by atoms with E-state index in [4.69, 9.17) is 22.1 Å². The summed E-state index contributed by atoms with van der Waals surface area (Å²) in [6.07, 6.45) is 4.62. The number of carbonyl (C=O) groups is 2. The second kappa shape index (κ2) is 10.6. The first kappa shape index (κ1) is 26.4. The maximum absolute atomic E-state index is 12.8. The van der Waals surface area contributed by atoms with Crippen LogP contribution in [0.1, 0.15) is 58.4 Å². The largest absolute Gasteiger partial charge is 0.388 e. The van der Waals surface area contributed by atoms with Gasteiger partial charge in [-0.2, -0.15) is 0 Å². The van der Waals surface area contributed by atoms with Crippen molar-refractivity contribution in [3.8, 4) is 0 Å². The minimum atomic E-state index is -1.29. The Bertz CT molecular complexity index is 1010. The highest BCUT2D eigenvalue weighted by molar-refractivity contribution is 6.30. The van der Waals surface area contributed by atoms with Crippen LogP contribution in [0.4, 0.5) is 0 Å². The van der Waals surface area contributed by atoms with Crippen LogP contribution in [0.3, 0.4) is 0 Å². The number of ether oxygens (including phenoxy) is 1. The molecule has 0 saturated carbocycles. The summed E-state index contributed by atoms with van der Waals surface area (Å²) in [7, 11) is 0. The summed E-state index contributed by atoms with van der Waals surface area (Å²) in [5, 5.41) is 13.8. The number of nitrogens with one attached hydrogen (secondary N) is 2. The molecule has 2 aliphatic heterocycles. The fourth-order valence-corrected chi connectivity index (χ4v) is 5.05. The second-order valence-corrected chi connectivity index (χ2v) is 10.0. The normalized spacial score (nSPS) is 25.2. The van der Waals surface area contributed by atoms with Gasteiger partial charge in [-0.3, -0.25) is 23.9 Å². The fraction of sp³-hybridized carbons (Fsp3) is 0.727. The van der Waals surface area contributed by atoms with Crippen LogP contribution in [0.25, 0.3) is 0 Å². The van der Waals surface area contributed by atoms with Gasteiger partial charge in [0.25, 0.3) is 5.56 Å². The van der Waals surface area contributed by atoms with Crippen LogP contribution >= 0.6 is 11.6 Å². The zero-order chi connectivity index (χ0) is 25.1. The number of rotatable bonds is 7. The molecule has 0 aromatic carbocycles. The Labute approximate surface area is 202 Å². The highest BCUT2D eigenvalue weighted by Gasteiger charge is 2.50. The predicted molar refractivity (Wildman–Crippen MR) is 126 cm³/mol. The molecule has 34 heavy (non-hydrogen) atoms. The first-order valence-corrected chi connectivity index (χ1v) is 12.0. The number of aromatic nitrogens is 2. The van der Waals surface area contributed by atoms with Crippen molar-refractivity contribution in [2.75, 3.05) is 26.2 Å². The van der Waals surface area contributed by atoms with E-state index in [2.05, 4.69) is 10.3 Å². The molecular weight excluding hydrogens is 466 g/mol. The molecule has 0 aliphatic carbocycles. The van der Waals surface area contributed by atoms with E-state index >= 15 is 0 Å². The molecule has 5 N–H and O–H groups in total. The number of likely N-dealkylation sites (tertiary alicyclic amines) is 1. The molecule has 2 saturated heterocycles. The van der Waals surface area contributed by atoms with E-state index in [9.17, 15) is 24.3 Å². The van der Waals surface area contributed by atoms with E-state index in [-0.39, 0.29) is 29.9 Å². The number of aromatic amines is 1. The molecule has 11 nitrogen and oxygen atoms in total. The standard InChI is InChI=1S/C22H34ClN5O6/c1-14(29)25-8-4-3-5-16(24)19(31)27-9-6-22(7-10-27)13-21(2,33)17(12-34-22)28-11-15(23)18(30)26-20(28)32/h11,16-17,33H,3-10,12-13,24H2,1-2H3,(H,25,29)(H,26,30,32)/t16-,17-,21-/m0/s1. The lowest BCUT2D eigenvalue weighted by molar-refractivity contribution is -0.198. The molecule has 3 heterocycles. The van der Waals surface area contributed by atoms with Gasteiger partial charge >= 0.3 is 5.69 Å². The number of nitrogens with zero attached hydrogens (tertiary/aromatic N) is 2. The summed E-state index contributed by atoms with van der Waals surface area (Å²) in [6, 6.07) is -1.31. The van der Waals surface area contributed by atoms with E-state index in [1.54, 1.807) is 11.8 Å². The van der Waals surface area contributed by atoms with Gasteiger partial charge in [0.2, 0.25) is 11.8 Å². The average Bonchev–Trinajstić information content (AvgIpc) is 2.75. The molecule has 3 atom stereocenters. The first-order valence-electron chi connectivity index (χ1n) is 11.6. The minimum Gasteiger partial charge on any atom is -0.388 e. The summed E-state index contributed by atoms with van der Waals surface area (Å²) in [5.74, 6) is -0.184. The number of aliphatic hydroxyl groups is 1. The number of carbonyl (C=O) groups excluding carboxylic acids is 2. The number of amides is 2. The number of unbranched alkanes of at least 4 members (excludes halogenated alkanes) is 1. The SMILES string of the molecule is CC(=O)NCCCC[C@H](N)C(=O)N1CCC2(CC1)C[C@](C)(O)[C@@H](n1cc(Cl)c(=O)[nH]c1=O)CO2. The predicted octanol–water partition coefficient (Wildman–Crippen LogP) is -0.103. The van der Waals surface area contributed by atoms with Gasteiger partial charge in [-0.15, -0.1) is 0 Å². The van der Waals surface area contributed by atoms with Gasteiger partial charge < -0.3 is 25.8 Å². The van der Waals surface area contributed by atoms with Crippen molar-refractivity contribution >= 4 is 23.4 Å². The number of nitrogens with two attached hydrogens (primary N) is 1. The van der Waals surface area contributed by atoms with E-state index in [0.29, 0.717) is 38.9 Å². The van der Waals surface area contributed by atoms with Crippen molar-refractivity contribution in [3.63, 3.8) is 0 Å². The van der Waals surface area contributed by atoms with Crippen LogP contribution < -0.4 is 22.3 Å².